The van der Waals surface area contributed by atoms with Gasteiger partial charge in [-0.1, -0.05) is 48.0 Å². The minimum atomic E-state index is 0.0695. The fourth-order valence-corrected chi connectivity index (χ4v) is 3.37. The Morgan fingerprint density at radius 3 is 2.74 bits per heavy atom. The van der Waals surface area contributed by atoms with Crippen LogP contribution in [0.1, 0.15) is 33.6 Å². The Bertz CT molecular complexity index is 934. The zero-order valence-electron chi connectivity index (χ0n) is 15.5. The summed E-state index contributed by atoms with van der Waals surface area (Å²) in [6.07, 6.45) is 0.879. The summed E-state index contributed by atoms with van der Waals surface area (Å²) in [4.78, 5) is 14.8. The van der Waals surface area contributed by atoms with E-state index in [9.17, 15) is 4.79 Å². The Balaban J connectivity index is 1.47. The number of fused-ring (bicyclic) bond motifs is 1. The summed E-state index contributed by atoms with van der Waals surface area (Å²) in [6, 6.07) is 19.8. The Morgan fingerprint density at radius 2 is 1.93 bits per heavy atom. The first-order chi connectivity index (χ1) is 13.2. The van der Waals surface area contributed by atoms with Crippen LogP contribution in [0.25, 0.3) is 0 Å². The van der Waals surface area contributed by atoms with Gasteiger partial charge in [0.15, 0.2) is 0 Å². The van der Waals surface area contributed by atoms with Gasteiger partial charge in [0.25, 0.3) is 5.91 Å². The lowest BCUT2D eigenvalue weighted by molar-refractivity contribution is 0.0745. The molecule has 1 aliphatic rings. The second kappa shape index (κ2) is 7.66. The molecule has 0 bridgehead atoms. The van der Waals surface area contributed by atoms with E-state index < -0.39 is 0 Å². The van der Waals surface area contributed by atoms with Crippen molar-refractivity contribution in [1.82, 2.24) is 14.7 Å². The number of hydrogen-bond donors (Lipinski definition) is 0. The van der Waals surface area contributed by atoms with Gasteiger partial charge in [-0.15, -0.1) is 5.10 Å². The van der Waals surface area contributed by atoms with E-state index in [1.54, 1.807) is 0 Å². The van der Waals surface area contributed by atoms with E-state index >= 15 is 0 Å². The number of nitrogens with zero attached hydrogens (tertiary/aromatic N) is 3. The lowest BCUT2D eigenvalue weighted by Crippen LogP contribution is -2.30. The molecule has 0 radical (unpaired) electrons. The van der Waals surface area contributed by atoms with Crippen molar-refractivity contribution < 1.29 is 9.53 Å². The van der Waals surface area contributed by atoms with Crippen LogP contribution >= 0.6 is 0 Å². The number of aryl methyl sites for hydroxylation is 2. The molecule has 0 atom stereocenters. The molecule has 1 aliphatic heterocycles. The number of aromatic nitrogens is 2. The second-order valence-electron chi connectivity index (χ2n) is 6.92. The summed E-state index contributed by atoms with van der Waals surface area (Å²) < 4.78 is 7.81. The van der Waals surface area contributed by atoms with E-state index in [-0.39, 0.29) is 5.91 Å². The van der Waals surface area contributed by atoms with Gasteiger partial charge in [0.2, 0.25) is 5.88 Å². The number of rotatable bonds is 4. The van der Waals surface area contributed by atoms with Crippen LogP contribution in [0.5, 0.6) is 5.88 Å². The molecule has 1 amide bonds. The summed E-state index contributed by atoms with van der Waals surface area (Å²) in [6.45, 7) is 4.57. The highest BCUT2D eigenvalue weighted by molar-refractivity contribution is 5.94. The van der Waals surface area contributed by atoms with E-state index in [0.29, 0.717) is 19.0 Å². The molecule has 2 aromatic carbocycles. The summed E-state index contributed by atoms with van der Waals surface area (Å²) in [5.74, 6) is 0.679. The molecule has 0 N–H and O–H groups in total. The molecule has 5 heteroatoms. The van der Waals surface area contributed by atoms with Gasteiger partial charge in [0, 0.05) is 24.7 Å². The summed E-state index contributed by atoms with van der Waals surface area (Å²) in [5, 5.41) is 4.56. The molecule has 0 unspecified atom stereocenters. The smallest absolute Gasteiger partial charge is 0.254 e. The number of hydrogen-bond acceptors (Lipinski definition) is 3. The van der Waals surface area contributed by atoms with Crippen molar-refractivity contribution in [2.45, 2.75) is 33.0 Å². The molecule has 138 valence electrons. The van der Waals surface area contributed by atoms with Crippen molar-refractivity contribution in [1.29, 1.82) is 0 Å². The van der Waals surface area contributed by atoms with E-state index in [4.69, 9.17) is 4.74 Å². The van der Waals surface area contributed by atoms with Gasteiger partial charge >= 0.3 is 0 Å². The van der Waals surface area contributed by atoms with Crippen molar-refractivity contribution in [3.8, 4) is 5.88 Å². The van der Waals surface area contributed by atoms with E-state index in [1.807, 2.05) is 77.2 Å². The highest BCUT2D eigenvalue weighted by Gasteiger charge is 2.22. The van der Waals surface area contributed by atoms with Crippen LogP contribution in [0, 0.1) is 6.92 Å². The van der Waals surface area contributed by atoms with E-state index in [0.717, 1.165) is 41.9 Å². The minimum Gasteiger partial charge on any atom is -0.472 e. The second-order valence-corrected chi connectivity index (χ2v) is 6.92. The summed E-state index contributed by atoms with van der Waals surface area (Å²) in [7, 11) is 0. The van der Waals surface area contributed by atoms with Gasteiger partial charge in [0.1, 0.15) is 6.61 Å². The Hall–Kier alpha value is -3.08. The largest absolute Gasteiger partial charge is 0.472 e. The van der Waals surface area contributed by atoms with Crippen LogP contribution in [0.2, 0.25) is 0 Å². The molecular formula is C22H23N3O2. The van der Waals surface area contributed by atoms with Crippen LogP contribution in [0.4, 0.5) is 0 Å². The maximum atomic E-state index is 12.9. The van der Waals surface area contributed by atoms with Gasteiger partial charge < -0.3 is 9.64 Å². The van der Waals surface area contributed by atoms with Crippen LogP contribution in [-0.4, -0.2) is 27.1 Å². The molecule has 0 saturated carbocycles. The molecule has 1 aromatic heterocycles. The molecule has 27 heavy (non-hydrogen) atoms. The van der Waals surface area contributed by atoms with Crippen molar-refractivity contribution in [3.63, 3.8) is 0 Å². The van der Waals surface area contributed by atoms with Crippen molar-refractivity contribution in [2.24, 2.45) is 0 Å². The topological polar surface area (TPSA) is 47.4 Å². The fraction of sp³-hybridized carbons (Fsp3) is 0.273. The first kappa shape index (κ1) is 17.3. The van der Waals surface area contributed by atoms with Gasteiger partial charge in [-0.3, -0.25) is 9.48 Å². The highest BCUT2D eigenvalue weighted by Crippen LogP contribution is 2.20. The molecule has 2 heterocycles. The van der Waals surface area contributed by atoms with Crippen LogP contribution in [-0.2, 0) is 19.7 Å². The van der Waals surface area contributed by atoms with Crippen molar-refractivity contribution >= 4 is 5.91 Å². The zero-order chi connectivity index (χ0) is 18.6. The maximum Gasteiger partial charge on any atom is 0.254 e. The molecule has 0 spiro atoms. The average molecular weight is 361 g/mol. The SMILES string of the molecule is Cc1cccc(C(=O)N2CCCn3nc(OCc4ccccc4)cc3C2)c1. The Kier molecular flexibility index (Phi) is 4.92. The quantitative estimate of drug-likeness (QED) is 0.710. The molecule has 3 aromatic rings. The van der Waals surface area contributed by atoms with Crippen LogP contribution < -0.4 is 4.74 Å². The van der Waals surface area contributed by atoms with Gasteiger partial charge in [-0.25, -0.2) is 0 Å². The summed E-state index contributed by atoms with van der Waals surface area (Å²) in [5.41, 5.74) is 3.95. The Labute approximate surface area is 159 Å². The highest BCUT2D eigenvalue weighted by atomic mass is 16.5. The fourth-order valence-electron chi connectivity index (χ4n) is 3.37. The van der Waals surface area contributed by atoms with Gasteiger partial charge in [-0.05, 0) is 31.0 Å². The predicted octanol–water partition coefficient (Wildman–Crippen LogP) is 3.82. The molecule has 4 rings (SSSR count). The van der Waals surface area contributed by atoms with Gasteiger partial charge in [-0.2, -0.15) is 0 Å². The van der Waals surface area contributed by atoms with Crippen molar-refractivity contribution in [2.75, 3.05) is 6.54 Å². The van der Waals surface area contributed by atoms with E-state index in [1.165, 1.54) is 0 Å². The number of carbonyl (C=O) groups excluding carboxylic acids is 1. The van der Waals surface area contributed by atoms with Crippen LogP contribution in [0.3, 0.4) is 0 Å². The number of ether oxygens (including phenoxy) is 1. The molecule has 0 fully saturated rings. The third kappa shape index (κ3) is 4.03. The van der Waals surface area contributed by atoms with E-state index in [2.05, 4.69) is 5.10 Å². The minimum absolute atomic E-state index is 0.0695. The number of amides is 1. The monoisotopic (exact) mass is 361 g/mol. The lowest BCUT2D eigenvalue weighted by Gasteiger charge is -2.20. The average Bonchev–Trinajstić information content (AvgIpc) is 2.97. The molecule has 0 saturated heterocycles. The van der Waals surface area contributed by atoms with Crippen molar-refractivity contribution in [3.05, 3.63) is 83.0 Å². The Morgan fingerprint density at radius 1 is 1.07 bits per heavy atom. The molecular weight excluding hydrogens is 338 g/mol. The summed E-state index contributed by atoms with van der Waals surface area (Å²) >= 11 is 0. The molecule has 5 nitrogen and oxygen atoms in total. The third-order valence-electron chi connectivity index (χ3n) is 4.77. The maximum absolute atomic E-state index is 12.9. The number of carbonyl (C=O) groups is 1. The molecule has 0 aliphatic carbocycles. The zero-order valence-corrected chi connectivity index (χ0v) is 15.5. The predicted molar refractivity (Wildman–Crippen MR) is 104 cm³/mol. The number of benzene rings is 2. The lowest BCUT2D eigenvalue weighted by atomic mass is 10.1. The van der Waals surface area contributed by atoms with Gasteiger partial charge in [0.05, 0.1) is 12.2 Å². The first-order valence-electron chi connectivity index (χ1n) is 9.28. The standard InChI is InChI=1S/C22H23N3O2/c1-17-7-5-10-19(13-17)22(26)24-11-6-12-25-20(15-24)14-21(23-25)27-16-18-8-3-2-4-9-18/h2-5,7-10,13-14H,6,11-12,15-16H2,1H3. The van der Waals surface area contributed by atoms with Crippen LogP contribution in [0.15, 0.2) is 60.7 Å². The first-order valence-corrected chi connectivity index (χ1v) is 9.28. The normalized spacial score (nSPS) is 13.7. The third-order valence-corrected chi connectivity index (χ3v) is 4.77.